The standard InChI is InChI=1S/C17H26N2O4S/c1-12(2)13(3)18-17(20)15-11-14(7-8-16(15)23-4)24(21,22)19-9-5-6-10-19/h7-8,11-13H,5-6,9-10H2,1-4H3,(H,18,20)/t13-/m1/s1. The molecule has 0 unspecified atom stereocenters. The molecular weight excluding hydrogens is 328 g/mol. The summed E-state index contributed by atoms with van der Waals surface area (Å²) in [6, 6.07) is 4.42. The first-order valence-electron chi connectivity index (χ1n) is 8.26. The van der Waals surface area contributed by atoms with Crippen molar-refractivity contribution in [3.63, 3.8) is 0 Å². The molecule has 1 saturated heterocycles. The number of rotatable bonds is 6. The molecule has 6 nitrogen and oxygen atoms in total. The number of nitrogens with one attached hydrogen (secondary N) is 1. The van der Waals surface area contributed by atoms with Crippen molar-refractivity contribution in [1.82, 2.24) is 9.62 Å². The highest BCUT2D eigenvalue weighted by molar-refractivity contribution is 7.89. The van der Waals surface area contributed by atoms with Crippen LogP contribution in [-0.4, -0.2) is 44.9 Å². The lowest BCUT2D eigenvalue weighted by molar-refractivity contribution is 0.0927. The maximum atomic E-state index is 12.7. The minimum atomic E-state index is -3.57. The first-order valence-corrected chi connectivity index (χ1v) is 9.70. The van der Waals surface area contributed by atoms with Crippen molar-refractivity contribution in [1.29, 1.82) is 0 Å². The maximum absolute atomic E-state index is 12.7. The zero-order valence-corrected chi connectivity index (χ0v) is 15.5. The number of methoxy groups -OCH3 is 1. The van der Waals surface area contributed by atoms with Crippen LogP contribution in [0.15, 0.2) is 23.1 Å². The number of ether oxygens (including phenoxy) is 1. The van der Waals surface area contributed by atoms with Gasteiger partial charge < -0.3 is 10.1 Å². The molecule has 0 aliphatic carbocycles. The number of amides is 1. The molecule has 1 aromatic rings. The average Bonchev–Trinajstić information content (AvgIpc) is 3.09. The average molecular weight is 354 g/mol. The molecule has 0 spiro atoms. The van der Waals surface area contributed by atoms with Crippen LogP contribution in [-0.2, 0) is 10.0 Å². The van der Waals surface area contributed by atoms with Gasteiger partial charge in [-0.2, -0.15) is 4.31 Å². The molecule has 7 heteroatoms. The van der Waals surface area contributed by atoms with Gasteiger partial charge in [-0.25, -0.2) is 8.42 Å². The van der Waals surface area contributed by atoms with Gasteiger partial charge in [0.1, 0.15) is 5.75 Å². The first-order chi connectivity index (χ1) is 11.3. The molecule has 1 heterocycles. The molecule has 24 heavy (non-hydrogen) atoms. The summed E-state index contributed by atoms with van der Waals surface area (Å²) < 4.78 is 32.1. The van der Waals surface area contributed by atoms with E-state index in [0.717, 1.165) is 12.8 Å². The molecule has 134 valence electrons. The number of carbonyl (C=O) groups is 1. The Morgan fingerprint density at radius 1 is 1.21 bits per heavy atom. The van der Waals surface area contributed by atoms with E-state index in [4.69, 9.17) is 4.74 Å². The smallest absolute Gasteiger partial charge is 0.255 e. The first kappa shape index (κ1) is 18.7. The molecule has 1 amide bonds. The van der Waals surface area contributed by atoms with Crippen molar-refractivity contribution >= 4 is 15.9 Å². The Labute approximate surface area is 144 Å². The fourth-order valence-electron chi connectivity index (χ4n) is 2.55. The van der Waals surface area contributed by atoms with E-state index in [-0.39, 0.29) is 28.3 Å². The van der Waals surface area contributed by atoms with Gasteiger partial charge in [0, 0.05) is 19.1 Å². The van der Waals surface area contributed by atoms with Gasteiger partial charge in [-0.15, -0.1) is 0 Å². The van der Waals surface area contributed by atoms with Gasteiger partial charge in [0.2, 0.25) is 10.0 Å². The summed E-state index contributed by atoms with van der Waals surface area (Å²) in [7, 11) is -2.10. The topological polar surface area (TPSA) is 75.7 Å². The lowest BCUT2D eigenvalue weighted by atomic mass is 10.1. The van der Waals surface area contributed by atoms with Crippen LogP contribution < -0.4 is 10.1 Å². The fraction of sp³-hybridized carbons (Fsp3) is 0.588. The second kappa shape index (κ2) is 7.53. The normalized spacial score (nSPS) is 17.0. The van der Waals surface area contributed by atoms with Gasteiger partial charge in [-0.05, 0) is 43.9 Å². The van der Waals surface area contributed by atoms with E-state index in [1.165, 1.54) is 29.6 Å². The maximum Gasteiger partial charge on any atom is 0.255 e. The molecule has 0 radical (unpaired) electrons. The van der Waals surface area contributed by atoms with Crippen LogP contribution in [0.2, 0.25) is 0 Å². The Hall–Kier alpha value is -1.60. The van der Waals surface area contributed by atoms with Crippen molar-refractivity contribution < 1.29 is 17.9 Å². The summed E-state index contributed by atoms with van der Waals surface area (Å²) >= 11 is 0. The molecule has 2 rings (SSSR count). The van der Waals surface area contributed by atoms with Crippen molar-refractivity contribution in [2.75, 3.05) is 20.2 Å². The number of benzene rings is 1. The van der Waals surface area contributed by atoms with E-state index in [1.54, 1.807) is 0 Å². The van der Waals surface area contributed by atoms with E-state index >= 15 is 0 Å². The summed E-state index contributed by atoms with van der Waals surface area (Å²) in [6.45, 7) is 6.99. The summed E-state index contributed by atoms with van der Waals surface area (Å²) in [5.41, 5.74) is 0.241. The van der Waals surface area contributed by atoms with Gasteiger partial charge in [0.25, 0.3) is 5.91 Å². The third kappa shape index (κ3) is 3.89. The van der Waals surface area contributed by atoms with Crippen molar-refractivity contribution in [2.45, 2.75) is 44.6 Å². The summed E-state index contributed by atoms with van der Waals surface area (Å²) in [5.74, 6) is 0.312. The second-order valence-corrected chi connectivity index (χ2v) is 8.42. The predicted molar refractivity (Wildman–Crippen MR) is 92.8 cm³/mol. The molecule has 1 fully saturated rings. The summed E-state index contributed by atoms with van der Waals surface area (Å²) in [6.07, 6.45) is 1.74. The zero-order valence-electron chi connectivity index (χ0n) is 14.7. The molecule has 1 aromatic carbocycles. The van der Waals surface area contributed by atoms with Crippen LogP contribution in [0.5, 0.6) is 5.75 Å². The third-order valence-electron chi connectivity index (χ3n) is 4.48. The lowest BCUT2D eigenvalue weighted by Gasteiger charge is -2.20. The Balaban J connectivity index is 2.35. The number of nitrogens with zero attached hydrogens (tertiary/aromatic N) is 1. The number of hydrogen-bond donors (Lipinski definition) is 1. The van der Waals surface area contributed by atoms with Gasteiger partial charge in [0.05, 0.1) is 17.6 Å². The van der Waals surface area contributed by atoms with Gasteiger partial charge in [-0.1, -0.05) is 13.8 Å². The summed E-state index contributed by atoms with van der Waals surface area (Å²) in [5, 5.41) is 2.89. The van der Waals surface area contributed by atoms with Crippen LogP contribution in [0.25, 0.3) is 0 Å². The Morgan fingerprint density at radius 2 is 1.83 bits per heavy atom. The highest BCUT2D eigenvalue weighted by Crippen LogP contribution is 2.26. The Bertz CT molecular complexity index is 695. The molecule has 1 aliphatic heterocycles. The Morgan fingerprint density at radius 3 is 2.38 bits per heavy atom. The van der Waals surface area contributed by atoms with E-state index < -0.39 is 10.0 Å². The Kier molecular flexibility index (Phi) is 5.87. The van der Waals surface area contributed by atoms with Gasteiger partial charge in [-0.3, -0.25) is 4.79 Å². The molecule has 0 aromatic heterocycles. The van der Waals surface area contributed by atoms with Crippen LogP contribution in [0.1, 0.15) is 44.0 Å². The van der Waals surface area contributed by atoms with Crippen molar-refractivity contribution in [3.8, 4) is 5.75 Å². The highest BCUT2D eigenvalue weighted by atomic mass is 32.2. The van der Waals surface area contributed by atoms with E-state index in [2.05, 4.69) is 5.32 Å². The van der Waals surface area contributed by atoms with Crippen LogP contribution in [0, 0.1) is 5.92 Å². The van der Waals surface area contributed by atoms with E-state index in [1.807, 2.05) is 20.8 Å². The SMILES string of the molecule is COc1ccc(S(=O)(=O)N2CCCC2)cc1C(=O)N[C@H](C)C(C)C. The van der Waals surface area contributed by atoms with Crippen LogP contribution in [0.3, 0.4) is 0 Å². The predicted octanol–water partition coefficient (Wildman–Crippen LogP) is 2.25. The van der Waals surface area contributed by atoms with Crippen LogP contribution >= 0.6 is 0 Å². The second-order valence-electron chi connectivity index (χ2n) is 6.48. The molecule has 1 atom stereocenters. The van der Waals surface area contributed by atoms with E-state index in [0.29, 0.717) is 18.8 Å². The zero-order chi connectivity index (χ0) is 17.9. The third-order valence-corrected chi connectivity index (χ3v) is 6.37. The number of carbonyl (C=O) groups excluding carboxylic acids is 1. The summed E-state index contributed by atoms with van der Waals surface area (Å²) in [4.78, 5) is 12.7. The van der Waals surface area contributed by atoms with Gasteiger partial charge in [0.15, 0.2) is 0 Å². The lowest BCUT2D eigenvalue weighted by Crippen LogP contribution is -2.36. The molecule has 1 aliphatic rings. The largest absolute Gasteiger partial charge is 0.496 e. The molecule has 0 saturated carbocycles. The quantitative estimate of drug-likeness (QED) is 0.850. The fourth-order valence-corrected chi connectivity index (χ4v) is 4.10. The molecule has 1 N–H and O–H groups in total. The van der Waals surface area contributed by atoms with Gasteiger partial charge >= 0.3 is 0 Å². The number of hydrogen-bond acceptors (Lipinski definition) is 4. The monoisotopic (exact) mass is 354 g/mol. The van der Waals surface area contributed by atoms with Crippen LogP contribution in [0.4, 0.5) is 0 Å². The minimum Gasteiger partial charge on any atom is -0.496 e. The highest BCUT2D eigenvalue weighted by Gasteiger charge is 2.28. The van der Waals surface area contributed by atoms with Crippen molar-refractivity contribution in [3.05, 3.63) is 23.8 Å². The molecular formula is C17H26N2O4S. The molecule has 0 bridgehead atoms. The number of sulfonamides is 1. The minimum absolute atomic E-state index is 0.0268. The van der Waals surface area contributed by atoms with Crippen molar-refractivity contribution in [2.24, 2.45) is 5.92 Å². The van der Waals surface area contributed by atoms with E-state index in [9.17, 15) is 13.2 Å².